The van der Waals surface area contributed by atoms with E-state index in [1.54, 1.807) is 6.07 Å². The first-order valence-electron chi connectivity index (χ1n) is 5.79. The second kappa shape index (κ2) is 6.41. The lowest BCUT2D eigenvalue weighted by Crippen LogP contribution is -2.03. The zero-order valence-corrected chi connectivity index (χ0v) is 10.3. The third-order valence-electron chi connectivity index (χ3n) is 2.49. The van der Waals surface area contributed by atoms with Crippen LogP contribution in [0, 0.1) is 18.3 Å². The molecule has 0 aliphatic carbocycles. The maximum Gasteiger partial charge on any atom is 0.212 e. The molecule has 1 heterocycles. The van der Waals surface area contributed by atoms with Crippen molar-refractivity contribution >= 4 is 5.69 Å². The third kappa shape index (κ3) is 3.71. The van der Waals surface area contributed by atoms with Gasteiger partial charge in [0.25, 0.3) is 0 Å². The Bertz CT molecular complexity index is 575. The van der Waals surface area contributed by atoms with Gasteiger partial charge in [-0.25, -0.2) is 4.98 Å². The van der Waals surface area contributed by atoms with Gasteiger partial charge >= 0.3 is 0 Å². The minimum absolute atomic E-state index is 0.231. The van der Waals surface area contributed by atoms with E-state index < -0.39 is 5.95 Å². The SMILES string of the molecule is C#CCOc1ccccc1CNc1ccc(F)nc1. The Kier molecular flexibility index (Phi) is 4.35. The molecule has 1 aromatic heterocycles. The predicted molar refractivity (Wildman–Crippen MR) is 72.3 cm³/mol. The van der Waals surface area contributed by atoms with Gasteiger partial charge in [0.1, 0.15) is 12.4 Å². The van der Waals surface area contributed by atoms with Crippen LogP contribution in [0.25, 0.3) is 0 Å². The Balaban J connectivity index is 2.03. The van der Waals surface area contributed by atoms with Crippen molar-refractivity contribution < 1.29 is 9.13 Å². The number of pyridine rings is 1. The van der Waals surface area contributed by atoms with Crippen LogP contribution in [0.15, 0.2) is 42.6 Å². The van der Waals surface area contributed by atoms with E-state index in [9.17, 15) is 4.39 Å². The number of aromatic nitrogens is 1. The van der Waals surface area contributed by atoms with Gasteiger partial charge in [-0.05, 0) is 18.2 Å². The largest absolute Gasteiger partial charge is 0.481 e. The maximum atomic E-state index is 12.7. The lowest BCUT2D eigenvalue weighted by Gasteiger charge is -2.11. The van der Waals surface area contributed by atoms with Crippen molar-refractivity contribution in [3.63, 3.8) is 0 Å². The van der Waals surface area contributed by atoms with Gasteiger partial charge in [-0.15, -0.1) is 6.42 Å². The van der Waals surface area contributed by atoms with Crippen molar-refractivity contribution in [1.82, 2.24) is 4.98 Å². The van der Waals surface area contributed by atoms with E-state index in [0.29, 0.717) is 6.54 Å². The highest BCUT2D eigenvalue weighted by Crippen LogP contribution is 2.19. The van der Waals surface area contributed by atoms with E-state index in [1.165, 1.54) is 12.3 Å². The third-order valence-corrected chi connectivity index (χ3v) is 2.49. The Hall–Kier alpha value is -2.54. The van der Waals surface area contributed by atoms with E-state index in [-0.39, 0.29) is 6.61 Å². The van der Waals surface area contributed by atoms with Crippen LogP contribution < -0.4 is 10.1 Å². The number of anilines is 1. The van der Waals surface area contributed by atoms with Crippen LogP contribution >= 0.6 is 0 Å². The van der Waals surface area contributed by atoms with Crippen molar-refractivity contribution in [3.8, 4) is 18.1 Å². The lowest BCUT2D eigenvalue weighted by atomic mass is 10.2. The summed E-state index contributed by atoms with van der Waals surface area (Å²) in [4.78, 5) is 3.58. The molecule has 4 heteroatoms. The molecule has 0 amide bonds. The summed E-state index contributed by atoms with van der Waals surface area (Å²) in [6, 6.07) is 10.5. The molecule has 2 aromatic rings. The summed E-state index contributed by atoms with van der Waals surface area (Å²) in [5, 5.41) is 3.14. The van der Waals surface area contributed by atoms with Gasteiger partial charge in [-0.3, -0.25) is 0 Å². The topological polar surface area (TPSA) is 34.1 Å². The molecule has 0 saturated carbocycles. The predicted octanol–water partition coefficient (Wildman–Crippen LogP) is 2.84. The van der Waals surface area contributed by atoms with Gasteiger partial charge in [0, 0.05) is 12.1 Å². The molecule has 0 radical (unpaired) electrons. The van der Waals surface area contributed by atoms with E-state index in [0.717, 1.165) is 17.0 Å². The Morgan fingerprint density at radius 1 is 1.26 bits per heavy atom. The molecule has 0 fully saturated rings. The Labute approximate surface area is 111 Å². The molecule has 2 rings (SSSR count). The van der Waals surface area contributed by atoms with E-state index in [2.05, 4.69) is 16.2 Å². The van der Waals surface area contributed by atoms with Gasteiger partial charge < -0.3 is 10.1 Å². The standard InChI is InChI=1S/C15H13FN2O/c1-2-9-19-14-6-4-3-5-12(14)10-17-13-7-8-15(16)18-11-13/h1,3-8,11,17H,9-10H2. The van der Waals surface area contributed by atoms with Crippen LogP contribution in [0.4, 0.5) is 10.1 Å². The Morgan fingerprint density at radius 3 is 2.84 bits per heavy atom. The van der Waals surface area contributed by atoms with E-state index in [1.807, 2.05) is 24.3 Å². The fraction of sp³-hybridized carbons (Fsp3) is 0.133. The van der Waals surface area contributed by atoms with Crippen molar-refractivity contribution in [1.29, 1.82) is 0 Å². The summed E-state index contributed by atoms with van der Waals surface area (Å²) in [5.41, 5.74) is 1.72. The fourth-order valence-corrected chi connectivity index (χ4v) is 1.59. The summed E-state index contributed by atoms with van der Waals surface area (Å²) in [6.45, 7) is 0.781. The number of ether oxygens (including phenoxy) is 1. The van der Waals surface area contributed by atoms with Crippen LogP contribution in [0.3, 0.4) is 0 Å². The number of benzene rings is 1. The summed E-state index contributed by atoms with van der Waals surface area (Å²) in [7, 11) is 0. The Morgan fingerprint density at radius 2 is 2.11 bits per heavy atom. The zero-order chi connectivity index (χ0) is 13.5. The van der Waals surface area contributed by atoms with Gasteiger partial charge in [0.2, 0.25) is 5.95 Å². The molecule has 0 unspecified atom stereocenters. The summed E-state index contributed by atoms with van der Waals surface area (Å²) < 4.78 is 18.1. The molecule has 0 saturated heterocycles. The molecule has 0 aliphatic heterocycles. The molecule has 0 aliphatic rings. The number of rotatable bonds is 5. The van der Waals surface area contributed by atoms with Crippen molar-refractivity contribution in [2.45, 2.75) is 6.54 Å². The molecule has 0 atom stereocenters. The summed E-state index contributed by atoms with van der Waals surface area (Å²) >= 11 is 0. The molecule has 0 bridgehead atoms. The molecule has 3 nitrogen and oxygen atoms in total. The molecule has 0 spiro atoms. The first-order chi connectivity index (χ1) is 9.29. The summed E-state index contributed by atoms with van der Waals surface area (Å²) in [6.07, 6.45) is 6.62. The number of nitrogens with zero attached hydrogens (tertiary/aromatic N) is 1. The number of halogens is 1. The minimum Gasteiger partial charge on any atom is -0.481 e. The smallest absolute Gasteiger partial charge is 0.212 e. The average Bonchev–Trinajstić information content (AvgIpc) is 2.45. The van der Waals surface area contributed by atoms with Crippen LogP contribution in [-0.2, 0) is 6.54 Å². The fourth-order valence-electron chi connectivity index (χ4n) is 1.59. The monoisotopic (exact) mass is 256 g/mol. The number of hydrogen-bond acceptors (Lipinski definition) is 3. The highest BCUT2D eigenvalue weighted by atomic mass is 19.1. The molecule has 19 heavy (non-hydrogen) atoms. The second-order valence-electron chi connectivity index (χ2n) is 3.82. The van der Waals surface area contributed by atoms with Crippen LogP contribution in [0.5, 0.6) is 5.75 Å². The number of para-hydroxylation sites is 1. The van der Waals surface area contributed by atoms with E-state index in [4.69, 9.17) is 11.2 Å². The van der Waals surface area contributed by atoms with Crippen molar-refractivity contribution in [2.75, 3.05) is 11.9 Å². The molecule has 1 aromatic carbocycles. The van der Waals surface area contributed by atoms with E-state index >= 15 is 0 Å². The van der Waals surface area contributed by atoms with Crippen LogP contribution in [0.2, 0.25) is 0 Å². The molecule has 1 N–H and O–H groups in total. The minimum atomic E-state index is -0.497. The normalized spacial score (nSPS) is 9.68. The van der Waals surface area contributed by atoms with Gasteiger partial charge in [-0.2, -0.15) is 4.39 Å². The first kappa shape index (κ1) is 12.9. The summed E-state index contributed by atoms with van der Waals surface area (Å²) in [5.74, 6) is 2.67. The van der Waals surface area contributed by atoms with Crippen molar-refractivity contribution in [3.05, 3.63) is 54.1 Å². The second-order valence-corrected chi connectivity index (χ2v) is 3.82. The molecule has 96 valence electrons. The number of terminal acetylenes is 1. The van der Waals surface area contributed by atoms with Gasteiger partial charge in [0.05, 0.1) is 11.9 Å². The van der Waals surface area contributed by atoms with Gasteiger partial charge in [-0.1, -0.05) is 24.1 Å². The first-order valence-corrected chi connectivity index (χ1v) is 5.79. The average molecular weight is 256 g/mol. The van der Waals surface area contributed by atoms with Crippen LogP contribution in [0.1, 0.15) is 5.56 Å². The zero-order valence-electron chi connectivity index (χ0n) is 10.3. The number of hydrogen-bond donors (Lipinski definition) is 1. The van der Waals surface area contributed by atoms with Crippen LogP contribution in [-0.4, -0.2) is 11.6 Å². The maximum absolute atomic E-state index is 12.7. The molecular formula is C15H13FN2O. The number of nitrogens with one attached hydrogen (secondary N) is 1. The lowest BCUT2D eigenvalue weighted by molar-refractivity contribution is 0.366. The molecular weight excluding hydrogens is 243 g/mol. The highest BCUT2D eigenvalue weighted by Gasteiger charge is 2.02. The highest BCUT2D eigenvalue weighted by molar-refractivity contribution is 5.43. The quantitative estimate of drug-likeness (QED) is 0.659. The van der Waals surface area contributed by atoms with Gasteiger partial charge in [0.15, 0.2) is 0 Å². The van der Waals surface area contributed by atoms with Crippen molar-refractivity contribution in [2.24, 2.45) is 0 Å².